The average molecular weight is 378 g/mol. The van der Waals surface area contributed by atoms with Gasteiger partial charge in [-0.1, -0.05) is 50.3 Å². The number of carboxylic acids is 1. The Balaban J connectivity index is 2.04. The van der Waals surface area contributed by atoms with Gasteiger partial charge in [0.05, 0.1) is 5.56 Å². The Hall–Kier alpha value is -2.41. The molecule has 0 aliphatic rings. The van der Waals surface area contributed by atoms with E-state index in [-0.39, 0.29) is 5.91 Å². The van der Waals surface area contributed by atoms with Crippen LogP contribution in [0, 0.1) is 0 Å². The Morgan fingerprint density at radius 3 is 2.19 bits per heavy atom. The van der Waals surface area contributed by atoms with Crippen LogP contribution in [0.15, 0.2) is 24.3 Å². The molecule has 4 N–H and O–H groups in total. The summed E-state index contributed by atoms with van der Waals surface area (Å²) in [7, 11) is 0. The third-order valence-electron chi connectivity index (χ3n) is 4.48. The van der Waals surface area contributed by atoms with E-state index >= 15 is 0 Å². The zero-order valence-corrected chi connectivity index (χ0v) is 15.9. The number of unbranched alkanes of at least 4 members (excludes halogenated alkanes) is 6. The van der Waals surface area contributed by atoms with Crippen LogP contribution in [0.25, 0.3) is 0 Å². The summed E-state index contributed by atoms with van der Waals surface area (Å²) in [6, 6.07) is 6.39. The van der Waals surface area contributed by atoms with Crippen molar-refractivity contribution in [3.05, 3.63) is 35.4 Å². The zero-order valence-electron chi connectivity index (χ0n) is 15.9. The lowest BCUT2D eigenvalue weighted by molar-refractivity contribution is -0.134. The highest BCUT2D eigenvalue weighted by atomic mass is 16.5. The molecule has 0 saturated heterocycles. The number of aromatic carboxylic acids is 1. The van der Waals surface area contributed by atoms with Crippen molar-refractivity contribution >= 4 is 17.8 Å². The van der Waals surface area contributed by atoms with Gasteiger partial charge >= 0.3 is 5.97 Å². The third kappa shape index (κ3) is 9.19. The van der Waals surface area contributed by atoms with Crippen molar-refractivity contribution in [2.24, 2.45) is 0 Å². The number of benzene rings is 1. The van der Waals surface area contributed by atoms with E-state index in [1.54, 1.807) is 12.1 Å². The molecular formula is C20H30N2O5. The number of rotatable bonds is 13. The van der Waals surface area contributed by atoms with Crippen LogP contribution in [-0.2, 0) is 16.0 Å². The average Bonchev–Trinajstić information content (AvgIpc) is 2.66. The smallest absolute Gasteiger partial charge is 0.335 e. The number of carbonyl (C=O) groups excluding carboxylic acids is 2. The number of amides is 2. The Bertz CT molecular complexity index is 618. The van der Waals surface area contributed by atoms with E-state index in [0.717, 1.165) is 56.9 Å². The predicted molar refractivity (Wildman–Crippen MR) is 102 cm³/mol. The van der Waals surface area contributed by atoms with Crippen LogP contribution < -0.4 is 10.8 Å². The van der Waals surface area contributed by atoms with Crippen LogP contribution in [0.4, 0.5) is 0 Å². The van der Waals surface area contributed by atoms with Crippen molar-refractivity contribution in [2.75, 3.05) is 0 Å². The van der Waals surface area contributed by atoms with Gasteiger partial charge in [-0.15, -0.1) is 0 Å². The van der Waals surface area contributed by atoms with Crippen molar-refractivity contribution in [1.82, 2.24) is 10.8 Å². The molecule has 0 aliphatic carbocycles. The van der Waals surface area contributed by atoms with Gasteiger partial charge in [-0.25, -0.2) is 10.3 Å². The molecule has 1 unspecified atom stereocenters. The first-order chi connectivity index (χ1) is 13.0. The fourth-order valence-corrected chi connectivity index (χ4v) is 2.91. The second-order valence-electron chi connectivity index (χ2n) is 6.70. The molecule has 0 aliphatic heterocycles. The topological polar surface area (TPSA) is 116 Å². The van der Waals surface area contributed by atoms with Crippen molar-refractivity contribution in [1.29, 1.82) is 0 Å². The molecule has 0 radical (unpaired) electrons. The molecule has 0 aromatic heterocycles. The molecule has 0 spiro atoms. The minimum atomic E-state index is -0.874. The third-order valence-corrected chi connectivity index (χ3v) is 4.48. The molecular weight excluding hydrogens is 348 g/mol. The van der Waals surface area contributed by atoms with Crippen LogP contribution in [0.5, 0.6) is 0 Å². The summed E-state index contributed by atoms with van der Waals surface area (Å²) in [5, 5.41) is 20.2. The summed E-state index contributed by atoms with van der Waals surface area (Å²) in [4.78, 5) is 33.9. The number of nitrogens with one attached hydrogen (secondary N) is 2. The van der Waals surface area contributed by atoms with Gasteiger partial charge in [-0.2, -0.15) is 0 Å². The van der Waals surface area contributed by atoms with E-state index in [2.05, 4.69) is 5.32 Å². The summed E-state index contributed by atoms with van der Waals surface area (Å²) in [6.07, 6.45) is 8.13. The predicted octanol–water partition coefficient (Wildman–Crippen LogP) is 3.06. The molecule has 1 atom stereocenters. The normalized spacial score (nSPS) is 11.6. The number of carboxylic acid groups (broad SMARTS) is 1. The van der Waals surface area contributed by atoms with Gasteiger partial charge in [0.2, 0.25) is 5.91 Å². The van der Waals surface area contributed by atoms with Crippen molar-refractivity contribution < 1.29 is 24.7 Å². The molecule has 0 fully saturated rings. The minimum absolute atomic E-state index is 0.191. The van der Waals surface area contributed by atoms with E-state index in [4.69, 9.17) is 10.3 Å². The lowest BCUT2D eigenvalue weighted by atomic mass is 10.0. The molecule has 0 heterocycles. The SMILES string of the molecule is CC(NC(=O)CCCCCCCCCc1ccccc1C(=O)O)C(=O)NO. The lowest BCUT2D eigenvalue weighted by Gasteiger charge is -2.11. The van der Waals surface area contributed by atoms with Gasteiger partial charge in [-0.05, 0) is 37.8 Å². The maximum atomic E-state index is 11.6. The van der Waals surface area contributed by atoms with E-state index in [1.165, 1.54) is 12.4 Å². The Kier molecular flexibility index (Phi) is 10.8. The summed E-state index contributed by atoms with van der Waals surface area (Å²) in [6.45, 7) is 1.51. The van der Waals surface area contributed by atoms with Crippen molar-refractivity contribution in [3.63, 3.8) is 0 Å². The largest absolute Gasteiger partial charge is 0.478 e. The molecule has 7 heteroatoms. The summed E-state index contributed by atoms with van der Waals surface area (Å²) >= 11 is 0. The highest BCUT2D eigenvalue weighted by Gasteiger charge is 2.14. The molecule has 27 heavy (non-hydrogen) atoms. The van der Waals surface area contributed by atoms with Crippen LogP contribution in [0.2, 0.25) is 0 Å². The van der Waals surface area contributed by atoms with Gasteiger partial charge in [-0.3, -0.25) is 14.8 Å². The number of hydrogen-bond donors (Lipinski definition) is 4. The van der Waals surface area contributed by atoms with Crippen molar-refractivity contribution in [3.8, 4) is 0 Å². The first kappa shape index (κ1) is 22.6. The quantitative estimate of drug-likeness (QED) is 0.239. The number of hydroxylamine groups is 1. The minimum Gasteiger partial charge on any atom is -0.478 e. The second kappa shape index (κ2) is 12.9. The fraction of sp³-hybridized carbons (Fsp3) is 0.550. The van der Waals surface area contributed by atoms with Gasteiger partial charge in [0.1, 0.15) is 6.04 Å². The number of carbonyl (C=O) groups is 3. The van der Waals surface area contributed by atoms with Gasteiger partial charge in [0, 0.05) is 6.42 Å². The fourth-order valence-electron chi connectivity index (χ4n) is 2.91. The monoisotopic (exact) mass is 378 g/mol. The van der Waals surface area contributed by atoms with Crippen LogP contribution in [0.3, 0.4) is 0 Å². The molecule has 0 bridgehead atoms. The molecule has 7 nitrogen and oxygen atoms in total. The number of aryl methyl sites for hydroxylation is 1. The summed E-state index contributed by atoms with van der Waals surface area (Å²) in [5.41, 5.74) is 2.79. The number of hydrogen-bond acceptors (Lipinski definition) is 4. The van der Waals surface area contributed by atoms with Crippen LogP contribution >= 0.6 is 0 Å². The zero-order chi connectivity index (χ0) is 20.1. The van der Waals surface area contributed by atoms with E-state index in [0.29, 0.717) is 12.0 Å². The van der Waals surface area contributed by atoms with Crippen LogP contribution in [-0.4, -0.2) is 34.1 Å². The van der Waals surface area contributed by atoms with E-state index < -0.39 is 17.9 Å². The van der Waals surface area contributed by atoms with Gasteiger partial charge in [0.15, 0.2) is 0 Å². The molecule has 150 valence electrons. The van der Waals surface area contributed by atoms with E-state index in [9.17, 15) is 14.4 Å². The maximum absolute atomic E-state index is 11.6. The maximum Gasteiger partial charge on any atom is 0.335 e. The Labute approximate surface area is 160 Å². The Morgan fingerprint density at radius 2 is 1.56 bits per heavy atom. The summed E-state index contributed by atoms with van der Waals surface area (Å²) < 4.78 is 0. The molecule has 0 saturated carbocycles. The highest BCUT2D eigenvalue weighted by Crippen LogP contribution is 2.14. The first-order valence-corrected chi connectivity index (χ1v) is 9.50. The van der Waals surface area contributed by atoms with Crippen LogP contribution in [0.1, 0.15) is 74.2 Å². The van der Waals surface area contributed by atoms with E-state index in [1.807, 2.05) is 12.1 Å². The first-order valence-electron chi connectivity index (χ1n) is 9.50. The molecule has 2 amide bonds. The summed E-state index contributed by atoms with van der Waals surface area (Å²) in [5.74, 6) is -1.70. The molecule has 1 aromatic carbocycles. The van der Waals surface area contributed by atoms with Gasteiger partial charge < -0.3 is 10.4 Å². The molecule has 1 aromatic rings. The van der Waals surface area contributed by atoms with Crippen molar-refractivity contribution in [2.45, 2.75) is 70.8 Å². The highest BCUT2D eigenvalue weighted by molar-refractivity contribution is 5.89. The Morgan fingerprint density at radius 1 is 0.963 bits per heavy atom. The van der Waals surface area contributed by atoms with Gasteiger partial charge in [0.25, 0.3) is 5.91 Å². The standard InChI is InChI=1S/C20H30N2O5/c1-15(19(24)22-27)21-18(23)14-8-6-4-2-3-5-7-11-16-12-9-10-13-17(16)20(25)26/h9-10,12-13,15,27H,2-8,11,14H2,1H3,(H,21,23)(H,22,24)(H,25,26). The molecule has 1 rings (SSSR count). The lowest BCUT2D eigenvalue weighted by Crippen LogP contribution is -2.43. The second-order valence-corrected chi connectivity index (χ2v) is 6.70.